The molecule has 1 radical (unpaired) electrons. The molecule has 0 N–H and O–H groups in total. The van der Waals surface area contributed by atoms with E-state index in [1.807, 2.05) is 0 Å². The second kappa shape index (κ2) is 4.27. The second-order valence-corrected chi connectivity index (χ2v) is 3.32. The monoisotopic (exact) mass is 335 g/mol. The highest BCUT2D eigenvalue weighted by Crippen LogP contribution is 2.61. The van der Waals surface area contributed by atoms with E-state index in [0.29, 0.717) is 0 Å². The lowest BCUT2D eigenvalue weighted by Crippen LogP contribution is -2.73. The average Bonchev–Trinajstić information content (AvgIpc) is 2.10. The van der Waals surface area contributed by atoms with Crippen molar-refractivity contribution in [1.82, 2.24) is 0 Å². The summed E-state index contributed by atoms with van der Waals surface area (Å²) in [4.78, 5) is 0. The molecule has 0 aromatic heterocycles. The van der Waals surface area contributed by atoms with Gasteiger partial charge < -0.3 is 0 Å². The Labute approximate surface area is 99.5 Å². The van der Waals surface area contributed by atoms with E-state index in [9.17, 15) is 62.2 Å². The summed E-state index contributed by atoms with van der Waals surface area (Å²) in [6.45, 7) is 0. The molecular formula is C6F13O. The highest BCUT2D eigenvalue weighted by molar-refractivity contribution is 5.12. The van der Waals surface area contributed by atoms with Gasteiger partial charge in [0.2, 0.25) is 0 Å². The number of hydrogen-bond acceptors (Lipinski definition) is 0. The van der Waals surface area contributed by atoms with Gasteiger partial charge in [-0.05, 0) is 0 Å². The third-order valence-corrected chi connectivity index (χ3v) is 1.97. The molecular weight excluding hydrogens is 335 g/mol. The van der Waals surface area contributed by atoms with E-state index in [-0.39, 0.29) is 0 Å². The average molecular weight is 335 g/mol. The Morgan fingerprint density at radius 2 is 0.750 bits per heavy atom. The minimum atomic E-state index is -8.11. The fourth-order valence-electron chi connectivity index (χ4n) is 0.920. The Bertz CT molecular complexity index is 343. The van der Waals surface area contributed by atoms with Gasteiger partial charge in [0.1, 0.15) is 0 Å². The first-order valence-corrected chi connectivity index (χ1v) is 3.91. The molecule has 20 heavy (non-hydrogen) atoms. The lowest BCUT2D eigenvalue weighted by Gasteiger charge is -2.39. The minimum absolute atomic E-state index is 7.52. The van der Waals surface area contributed by atoms with E-state index in [1.165, 1.54) is 0 Å². The summed E-state index contributed by atoms with van der Waals surface area (Å²) in [5.74, 6) is -16.0. The molecule has 0 aromatic rings. The maximum Gasteiger partial charge on any atom is 0.460 e. The maximum atomic E-state index is 12.7. The van der Waals surface area contributed by atoms with Crippen LogP contribution >= 0.6 is 0 Å². The predicted molar refractivity (Wildman–Crippen MR) is 31.5 cm³/mol. The molecule has 0 saturated heterocycles. The molecule has 0 aromatic carbocycles. The van der Waals surface area contributed by atoms with Gasteiger partial charge in [0.05, 0.1) is 0 Å². The molecule has 1 unspecified atom stereocenters. The summed E-state index contributed by atoms with van der Waals surface area (Å²) >= 11 is 0. The first-order valence-electron chi connectivity index (χ1n) is 3.91. The summed E-state index contributed by atoms with van der Waals surface area (Å²) in [5, 5.41) is 9.58. The second-order valence-electron chi connectivity index (χ2n) is 3.32. The topological polar surface area (TPSA) is 19.9 Å². The molecule has 0 aliphatic carbocycles. The van der Waals surface area contributed by atoms with E-state index >= 15 is 0 Å². The largest absolute Gasteiger partial charge is 0.460 e. The molecule has 0 amide bonds. The van der Waals surface area contributed by atoms with E-state index in [1.54, 1.807) is 0 Å². The standard InChI is InChI=1S/C6F13O/c7-1(4(12,13)14,6(18,19)20)2(8,9)3(10,11)5(15,16)17. The quantitative estimate of drug-likeness (QED) is 0.692. The smallest absolute Gasteiger partial charge is 0.216 e. The number of alkyl halides is 13. The molecule has 14 heteroatoms. The molecule has 0 bridgehead atoms. The van der Waals surface area contributed by atoms with Crippen LogP contribution in [0.5, 0.6) is 0 Å². The van der Waals surface area contributed by atoms with Crippen molar-refractivity contribution in [2.45, 2.75) is 36.0 Å². The van der Waals surface area contributed by atoms with Gasteiger partial charge in [0, 0.05) is 0 Å². The van der Waals surface area contributed by atoms with Crippen molar-refractivity contribution in [3.63, 3.8) is 0 Å². The molecule has 0 rings (SSSR count). The van der Waals surface area contributed by atoms with Crippen molar-refractivity contribution in [3.05, 3.63) is 0 Å². The summed E-state index contributed by atoms with van der Waals surface area (Å²) < 4.78 is 156. The zero-order valence-electron chi connectivity index (χ0n) is 8.32. The van der Waals surface area contributed by atoms with E-state index < -0.39 is 36.0 Å². The van der Waals surface area contributed by atoms with E-state index in [4.69, 9.17) is 0 Å². The summed E-state index contributed by atoms with van der Waals surface area (Å²) in [5.41, 5.74) is -7.98. The highest BCUT2D eigenvalue weighted by Gasteiger charge is 2.93. The Hall–Kier alpha value is -0.950. The molecule has 0 aliphatic heterocycles. The van der Waals surface area contributed by atoms with Gasteiger partial charge in [-0.1, -0.05) is 0 Å². The molecule has 0 saturated carbocycles. The SMILES string of the molecule is [O]C(F)(F)C(F)(C(F)(F)F)C(F)(F)C(F)(F)C(F)(F)F. The van der Waals surface area contributed by atoms with Crippen LogP contribution < -0.4 is 0 Å². The molecule has 0 spiro atoms. The fraction of sp³-hybridized carbons (Fsp3) is 1.00. The van der Waals surface area contributed by atoms with E-state index in [0.717, 1.165) is 0 Å². The number of halogens is 13. The third-order valence-electron chi connectivity index (χ3n) is 1.97. The van der Waals surface area contributed by atoms with Gasteiger partial charge in [0.15, 0.2) is 0 Å². The van der Waals surface area contributed by atoms with Gasteiger partial charge >= 0.3 is 36.0 Å². The Kier molecular flexibility index (Phi) is 4.07. The normalized spacial score (nSPS) is 18.9. The molecule has 0 aliphatic rings. The van der Waals surface area contributed by atoms with Crippen LogP contribution in [0.2, 0.25) is 0 Å². The first-order chi connectivity index (χ1) is 8.25. The minimum Gasteiger partial charge on any atom is -0.216 e. The number of hydrogen-bond donors (Lipinski definition) is 0. The fourth-order valence-corrected chi connectivity index (χ4v) is 0.920. The predicted octanol–water partition coefficient (Wildman–Crippen LogP) is 4.11. The molecule has 1 nitrogen and oxygen atoms in total. The zero-order valence-corrected chi connectivity index (χ0v) is 8.32. The molecule has 0 fully saturated rings. The van der Waals surface area contributed by atoms with Crippen LogP contribution in [0.25, 0.3) is 0 Å². The molecule has 0 heterocycles. The maximum absolute atomic E-state index is 12.7. The van der Waals surface area contributed by atoms with Gasteiger partial charge in [-0.3, -0.25) is 0 Å². The zero-order chi connectivity index (χ0) is 17.0. The van der Waals surface area contributed by atoms with Gasteiger partial charge in [0.25, 0.3) is 0 Å². The van der Waals surface area contributed by atoms with E-state index in [2.05, 4.69) is 0 Å². The summed E-state index contributed by atoms with van der Waals surface area (Å²) in [7, 11) is 0. The summed E-state index contributed by atoms with van der Waals surface area (Å²) in [6, 6.07) is 0. The van der Waals surface area contributed by atoms with Crippen LogP contribution in [0, 0.1) is 0 Å². The van der Waals surface area contributed by atoms with Gasteiger partial charge in [-0.2, -0.15) is 57.8 Å². The first kappa shape index (κ1) is 19.1. The Morgan fingerprint density at radius 1 is 0.450 bits per heavy atom. The van der Waals surface area contributed by atoms with Gasteiger partial charge in [-0.25, -0.2) is 4.39 Å². The van der Waals surface area contributed by atoms with Crippen molar-refractivity contribution in [3.8, 4) is 0 Å². The lowest BCUT2D eigenvalue weighted by atomic mass is 9.90. The van der Waals surface area contributed by atoms with Crippen LogP contribution in [0.1, 0.15) is 0 Å². The van der Waals surface area contributed by atoms with Crippen LogP contribution in [-0.4, -0.2) is 36.0 Å². The van der Waals surface area contributed by atoms with Gasteiger partial charge in [-0.15, -0.1) is 0 Å². The summed E-state index contributed by atoms with van der Waals surface area (Å²) in [6.07, 6.45) is -22.8. The molecule has 121 valence electrons. The van der Waals surface area contributed by atoms with Crippen molar-refractivity contribution in [2.24, 2.45) is 0 Å². The third kappa shape index (κ3) is 2.26. The number of rotatable bonds is 3. The van der Waals surface area contributed by atoms with Crippen molar-refractivity contribution in [2.75, 3.05) is 0 Å². The van der Waals surface area contributed by atoms with Crippen molar-refractivity contribution >= 4 is 0 Å². The van der Waals surface area contributed by atoms with Crippen LogP contribution in [0.4, 0.5) is 57.1 Å². The van der Waals surface area contributed by atoms with Crippen molar-refractivity contribution < 1.29 is 62.2 Å². The van der Waals surface area contributed by atoms with Crippen LogP contribution in [0.3, 0.4) is 0 Å². The molecule has 1 atom stereocenters. The van der Waals surface area contributed by atoms with Crippen LogP contribution in [-0.2, 0) is 5.11 Å². The Morgan fingerprint density at radius 3 is 0.900 bits per heavy atom. The Balaban J connectivity index is 6.38. The highest BCUT2D eigenvalue weighted by atomic mass is 19.4. The van der Waals surface area contributed by atoms with Crippen molar-refractivity contribution in [1.29, 1.82) is 0 Å². The van der Waals surface area contributed by atoms with Crippen LogP contribution in [0.15, 0.2) is 0 Å². The lowest BCUT2D eigenvalue weighted by molar-refractivity contribution is -0.476.